The second-order valence-electron chi connectivity index (χ2n) is 10.7. The fourth-order valence-electron chi connectivity index (χ4n) is 4.57. The molecule has 0 rings (SSSR count). The maximum Gasteiger partial charge on any atom is 2.00 e. The van der Waals surface area contributed by atoms with Gasteiger partial charge in [-0.2, -0.15) is 0 Å². The fraction of sp³-hybridized carbons (Fsp3) is 0.938. The molecule has 0 aromatic carbocycles. The van der Waals surface area contributed by atoms with Gasteiger partial charge in [-0.3, -0.25) is 0 Å². The third kappa shape index (κ3) is 45.8. The molecule has 0 aliphatic heterocycles. The van der Waals surface area contributed by atoms with Gasteiger partial charge in [0.05, 0.1) is 0 Å². The van der Waals surface area contributed by atoms with Crippen LogP contribution < -0.4 is 10.2 Å². The minimum absolute atomic E-state index is 0. The molecule has 0 aliphatic carbocycles. The SMILES string of the molecule is CCCCCCCCCCCCCC(=O)[O-].CCCCCCCCCCCCCCCCCC(=O)[O-].[Zn+2]. The summed E-state index contributed by atoms with van der Waals surface area (Å²) < 4.78 is 0. The minimum Gasteiger partial charge on any atom is -0.550 e. The van der Waals surface area contributed by atoms with Gasteiger partial charge in [-0.05, 0) is 25.7 Å². The molecular formula is C32H62O4Zn. The summed E-state index contributed by atoms with van der Waals surface area (Å²) >= 11 is 0. The number of aliphatic carboxylic acids is 2. The van der Waals surface area contributed by atoms with Gasteiger partial charge in [0.25, 0.3) is 0 Å². The molecule has 4 nitrogen and oxygen atoms in total. The Hall–Kier alpha value is -0.437. The van der Waals surface area contributed by atoms with Crippen LogP contribution in [0.2, 0.25) is 0 Å². The van der Waals surface area contributed by atoms with E-state index < -0.39 is 11.9 Å². The van der Waals surface area contributed by atoms with Crippen molar-refractivity contribution >= 4 is 11.9 Å². The van der Waals surface area contributed by atoms with Crippen molar-refractivity contribution in [1.82, 2.24) is 0 Å². The summed E-state index contributed by atoms with van der Waals surface area (Å²) in [5.41, 5.74) is 0. The zero-order chi connectivity index (χ0) is 27.0. The van der Waals surface area contributed by atoms with E-state index in [4.69, 9.17) is 0 Å². The molecule has 5 heteroatoms. The molecule has 0 N–H and O–H groups in total. The largest absolute Gasteiger partial charge is 2.00 e. The third-order valence-corrected chi connectivity index (χ3v) is 6.97. The van der Waals surface area contributed by atoms with Crippen LogP contribution in [0.5, 0.6) is 0 Å². The topological polar surface area (TPSA) is 80.3 Å². The molecule has 0 fully saturated rings. The molecule has 0 spiro atoms. The number of carbonyl (C=O) groups is 2. The van der Waals surface area contributed by atoms with Gasteiger partial charge in [-0.1, -0.05) is 168 Å². The Balaban J connectivity index is -0.000000623. The number of unbranched alkanes of at least 4 members (excludes halogenated alkanes) is 24. The molecule has 0 aromatic rings. The molecule has 0 heterocycles. The number of carboxylic acids is 2. The number of hydrogen-bond acceptors (Lipinski definition) is 4. The molecule has 0 saturated carbocycles. The van der Waals surface area contributed by atoms with Crippen LogP contribution in [0.25, 0.3) is 0 Å². The molecule has 0 amide bonds. The van der Waals surface area contributed by atoms with Crippen LogP contribution in [0, 0.1) is 0 Å². The van der Waals surface area contributed by atoms with E-state index >= 15 is 0 Å². The second-order valence-corrected chi connectivity index (χ2v) is 10.7. The van der Waals surface area contributed by atoms with Crippen molar-refractivity contribution in [2.45, 2.75) is 194 Å². The molecule has 0 radical (unpaired) electrons. The second kappa shape index (κ2) is 37.7. The normalized spacial score (nSPS) is 10.4. The Labute approximate surface area is 244 Å². The van der Waals surface area contributed by atoms with E-state index in [0.29, 0.717) is 0 Å². The first-order chi connectivity index (χ1) is 17.5. The molecule has 0 bridgehead atoms. The van der Waals surface area contributed by atoms with E-state index in [0.717, 1.165) is 25.7 Å². The predicted molar refractivity (Wildman–Crippen MR) is 151 cm³/mol. The standard InChI is InChI=1S/C18H36O2.C14H28O2.Zn/c1-2-3-4-5-6-7-8-9-10-11-12-13-14-15-16-17-18(19)20;1-2-3-4-5-6-7-8-9-10-11-12-13-14(15)16;/h2-17H2,1H3,(H,19,20);2-13H2,1H3,(H,15,16);/q;;+2/p-2. The quantitative estimate of drug-likeness (QED) is 0.0692. The summed E-state index contributed by atoms with van der Waals surface area (Å²) in [7, 11) is 0. The average molecular weight is 576 g/mol. The summed E-state index contributed by atoms with van der Waals surface area (Å²) in [6.45, 7) is 4.51. The van der Waals surface area contributed by atoms with Gasteiger partial charge >= 0.3 is 19.5 Å². The zero-order valence-electron chi connectivity index (χ0n) is 25.1. The van der Waals surface area contributed by atoms with Gasteiger partial charge in [-0.25, -0.2) is 0 Å². The van der Waals surface area contributed by atoms with E-state index in [1.165, 1.54) is 141 Å². The smallest absolute Gasteiger partial charge is 0.550 e. The molecule has 216 valence electrons. The van der Waals surface area contributed by atoms with E-state index in [9.17, 15) is 19.8 Å². The molecule has 37 heavy (non-hydrogen) atoms. The first-order valence-corrected chi connectivity index (χ1v) is 15.9. The first kappa shape index (κ1) is 41.1. The molecule has 0 saturated heterocycles. The van der Waals surface area contributed by atoms with E-state index in [-0.39, 0.29) is 32.3 Å². The number of hydrogen-bond donors (Lipinski definition) is 0. The molecule has 0 atom stereocenters. The summed E-state index contributed by atoms with van der Waals surface area (Å²) in [4.78, 5) is 20.4. The van der Waals surface area contributed by atoms with Gasteiger partial charge in [0.15, 0.2) is 0 Å². The molecule has 0 aliphatic rings. The average Bonchev–Trinajstić information content (AvgIpc) is 2.85. The Morgan fingerprint density at radius 2 is 0.514 bits per heavy atom. The van der Waals surface area contributed by atoms with Crippen molar-refractivity contribution in [3.8, 4) is 0 Å². The first-order valence-electron chi connectivity index (χ1n) is 15.9. The van der Waals surface area contributed by atoms with Gasteiger partial charge in [0.1, 0.15) is 0 Å². The van der Waals surface area contributed by atoms with Crippen molar-refractivity contribution in [2.75, 3.05) is 0 Å². The monoisotopic (exact) mass is 574 g/mol. The third-order valence-electron chi connectivity index (χ3n) is 6.97. The van der Waals surface area contributed by atoms with Crippen molar-refractivity contribution < 1.29 is 39.3 Å². The van der Waals surface area contributed by atoms with Crippen molar-refractivity contribution in [3.63, 3.8) is 0 Å². The van der Waals surface area contributed by atoms with Crippen LogP contribution in [0.1, 0.15) is 194 Å². The predicted octanol–water partition coefficient (Wildman–Crippen LogP) is 8.43. The van der Waals surface area contributed by atoms with Crippen LogP contribution in [0.15, 0.2) is 0 Å². The van der Waals surface area contributed by atoms with Crippen molar-refractivity contribution in [3.05, 3.63) is 0 Å². The van der Waals surface area contributed by atoms with Gasteiger partial charge in [0.2, 0.25) is 0 Å². The number of carboxylic acid groups (broad SMARTS) is 2. The molecule has 0 aromatic heterocycles. The fourth-order valence-corrected chi connectivity index (χ4v) is 4.57. The van der Waals surface area contributed by atoms with Crippen LogP contribution in [-0.2, 0) is 29.1 Å². The van der Waals surface area contributed by atoms with Gasteiger partial charge in [-0.15, -0.1) is 0 Å². The number of carbonyl (C=O) groups excluding carboxylic acids is 2. The summed E-state index contributed by atoms with van der Waals surface area (Å²) in [5, 5.41) is 20.4. The zero-order valence-corrected chi connectivity index (χ0v) is 28.1. The minimum atomic E-state index is -0.907. The van der Waals surface area contributed by atoms with E-state index in [2.05, 4.69) is 13.8 Å². The summed E-state index contributed by atoms with van der Waals surface area (Å²) in [5.74, 6) is -1.81. The van der Waals surface area contributed by atoms with Gasteiger partial charge < -0.3 is 19.8 Å². The van der Waals surface area contributed by atoms with Crippen molar-refractivity contribution in [2.24, 2.45) is 0 Å². The Bertz CT molecular complexity index is 443. The summed E-state index contributed by atoms with van der Waals surface area (Å²) in [6, 6.07) is 0. The maximum atomic E-state index is 10.2. The molecular weight excluding hydrogens is 514 g/mol. The van der Waals surface area contributed by atoms with Crippen LogP contribution in [0.4, 0.5) is 0 Å². The van der Waals surface area contributed by atoms with Gasteiger partial charge in [0, 0.05) is 11.9 Å². The Kier molecular flexibility index (Phi) is 41.8. The van der Waals surface area contributed by atoms with E-state index in [1.807, 2.05) is 0 Å². The van der Waals surface area contributed by atoms with Crippen LogP contribution >= 0.6 is 0 Å². The molecule has 0 unspecified atom stereocenters. The Morgan fingerprint density at radius 1 is 0.351 bits per heavy atom. The van der Waals surface area contributed by atoms with Crippen molar-refractivity contribution in [1.29, 1.82) is 0 Å². The van der Waals surface area contributed by atoms with Crippen LogP contribution in [-0.4, -0.2) is 11.9 Å². The van der Waals surface area contributed by atoms with E-state index in [1.54, 1.807) is 0 Å². The van der Waals surface area contributed by atoms with Crippen LogP contribution in [0.3, 0.4) is 0 Å². The summed E-state index contributed by atoms with van der Waals surface area (Å²) in [6.07, 6.45) is 33.9. The maximum absolute atomic E-state index is 10.2. The Morgan fingerprint density at radius 3 is 0.676 bits per heavy atom. The number of rotatable bonds is 28.